The summed E-state index contributed by atoms with van der Waals surface area (Å²) < 4.78 is 12.8. The lowest BCUT2D eigenvalue weighted by atomic mass is 9.65. The molecule has 4 rings (SSSR count). The number of hydrogen-bond acceptors (Lipinski definition) is 3. The number of ether oxygens (including phenoxy) is 2. The zero-order valence-corrected chi connectivity index (χ0v) is 16.6. The molecule has 1 aromatic carbocycles. The van der Waals surface area contributed by atoms with E-state index in [1.165, 1.54) is 36.0 Å². The van der Waals surface area contributed by atoms with E-state index in [2.05, 4.69) is 26.8 Å². The summed E-state index contributed by atoms with van der Waals surface area (Å²) in [5, 5.41) is 10.4. The Hall–Kier alpha value is -1.22. The monoisotopic (exact) mass is 358 g/mol. The fourth-order valence-corrected chi connectivity index (χ4v) is 5.49. The minimum absolute atomic E-state index is 0.179. The minimum Gasteiger partial charge on any atom is -0.493 e. The van der Waals surface area contributed by atoms with E-state index < -0.39 is 0 Å². The van der Waals surface area contributed by atoms with Gasteiger partial charge in [-0.25, -0.2) is 0 Å². The van der Waals surface area contributed by atoms with Crippen LogP contribution in [0.4, 0.5) is 0 Å². The van der Waals surface area contributed by atoms with Crippen LogP contribution in [0.25, 0.3) is 0 Å². The van der Waals surface area contributed by atoms with Crippen molar-refractivity contribution in [3.8, 4) is 11.5 Å². The average molecular weight is 359 g/mol. The van der Waals surface area contributed by atoms with Crippen LogP contribution in [0, 0.1) is 5.92 Å². The quantitative estimate of drug-likeness (QED) is 0.756. The number of aliphatic hydroxyl groups excluding tert-OH is 1. The average Bonchev–Trinajstić information content (AvgIpc) is 2.61. The van der Waals surface area contributed by atoms with Crippen LogP contribution >= 0.6 is 0 Å². The van der Waals surface area contributed by atoms with E-state index in [1.54, 1.807) is 0 Å². The van der Waals surface area contributed by atoms with E-state index >= 15 is 0 Å². The van der Waals surface area contributed by atoms with Gasteiger partial charge in [-0.15, -0.1) is 0 Å². The fraction of sp³-hybridized carbons (Fsp3) is 0.739. The molecular formula is C23H34O3. The van der Waals surface area contributed by atoms with Crippen molar-refractivity contribution in [1.29, 1.82) is 0 Å². The summed E-state index contributed by atoms with van der Waals surface area (Å²) in [5.74, 6) is 2.95. The molecule has 1 fully saturated rings. The third kappa shape index (κ3) is 3.13. The van der Waals surface area contributed by atoms with Gasteiger partial charge < -0.3 is 14.6 Å². The van der Waals surface area contributed by atoms with Gasteiger partial charge >= 0.3 is 0 Å². The summed E-state index contributed by atoms with van der Waals surface area (Å²) in [7, 11) is 0. The highest BCUT2D eigenvalue weighted by atomic mass is 16.5. The molecule has 0 spiro atoms. The van der Waals surface area contributed by atoms with Gasteiger partial charge in [0, 0.05) is 17.4 Å². The van der Waals surface area contributed by atoms with Crippen molar-refractivity contribution in [2.24, 2.45) is 5.92 Å². The van der Waals surface area contributed by atoms with E-state index in [9.17, 15) is 5.11 Å². The van der Waals surface area contributed by atoms with Gasteiger partial charge in [0.15, 0.2) is 0 Å². The summed E-state index contributed by atoms with van der Waals surface area (Å²) in [6, 6.07) is 2.32. The van der Waals surface area contributed by atoms with Crippen molar-refractivity contribution in [3.63, 3.8) is 0 Å². The molecular weight excluding hydrogens is 324 g/mol. The maximum absolute atomic E-state index is 10.4. The highest BCUT2D eigenvalue weighted by Gasteiger charge is 2.48. The molecule has 3 nitrogen and oxygen atoms in total. The molecule has 1 aromatic rings. The predicted molar refractivity (Wildman–Crippen MR) is 104 cm³/mol. The highest BCUT2D eigenvalue weighted by molar-refractivity contribution is 5.58. The first-order valence-electron chi connectivity index (χ1n) is 10.7. The lowest BCUT2D eigenvalue weighted by Gasteiger charge is -2.49. The van der Waals surface area contributed by atoms with Gasteiger partial charge in [-0.05, 0) is 76.0 Å². The summed E-state index contributed by atoms with van der Waals surface area (Å²) >= 11 is 0. The normalized spacial score (nSPS) is 29.0. The molecule has 1 aliphatic carbocycles. The second-order valence-corrected chi connectivity index (χ2v) is 9.05. The summed E-state index contributed by atoms with van der Waals surface area (Å²) in [4.78, 5) is 0. The van der Waals surface area contributed by atoms with Crippen molar-refractivity contribution in [3.05, 3.63) is 22.8 Å². The van der Waals surface area contributed by atoms with Gasteiger partial charge in [0.2, 0.25) is 0 Å². The van der Waals surface area contributed by atoms with Crippen LogP contribution in [0.3, 0.4) is 0 Å². The molecule has 3 heteroatoms. The molecule has 0 radical (unpaired) electrons. The van der Waals surface area contributed by atoms with Gasteiger partial charge in [-0.1, -0.05) is 19.8 Å². The number of aliphatic hydroxyl groups is 1. The van der Waals surface area contributed by atoms with Crippen molar-refractivity contribution in [1.82, 2.24) is 0 Å². The molecule has 1 N–H and O–H groups in total. The Balaban J connectivity index is 1.79. The fourth-order valence-electron chi connectivity index (χ4n) is 5.49. The van der Waals surface area contributed by atoms with Crippen LogP contribution in [0.15, 0.2) is 6.07 Å². The number of aryl methyl sites for hydroxylation is 1. The van der Waals surface area contributed by atoms with Gasteiger partial charge in [-0.3, -0.25) is 0 Å². The first-order chi connectivity index (χ1) is 12.5. The maximum atomic E-state index is 10.4. The lowest BCUT2D eigenvalue weighted by molar-refractivity contribution is -0.0321. The number of hydrogen-bond donors (Lipinski definition) is 1. The van der Waals surface area contributed by atoms with E-state index in [-0.39, 0.29) is 11.7 Å². The van der Waals surface area contributed by atoms with E-state index in [0.717, 1.165) is 56.6 Å². The third-order valence-corrected chi connectivity index (χ3v) is 6.80. The second kappa shape index (κ2) is 7.07. The first-order valence-corrected chi connectivity index (χ1v) is 10.7. The zero-order chi connectivity index (χ0) is 18.3. The van der Waals surface area contributed by atoms with Gasteiger partial charge in [-0.2, -0.15) is 0 Å². The van der Waals surface area contributed by atoms with Crippen molar-refractivity contribution < 1.29 is 14.6 Å². The van der Waals surface area contributed by atoms with E-state index in [1.807, 2.05) is 0 Å². The minimum atomic E-state index is -0.193. The van der Waals surface area contributed by atoms with Gasteiger partial charge in [0.1, 0.15) is 17.1 Å². The molecule has 0 amide bonds. The molecule has 3 atom stereocenters. The number of rotatable bonds is 4. The van der Waals surface area contributed by atoms with Crippen LogP contribution < -0.4 is 9.47 Å². The molecule has 0 aromatic heterocycles. The smallest absolute Gasteiger partial charge is 0.129 e. The van der Waals surface area contributed by atoms with Crippen LogP contribution in [0.2, 0.25) is 0 Å². The first kappa shape index (κ1) is 18.2. The molecule has 144 valence electrons. The van der Waals surface area contributed by atoms with E-state index in [4.69, 9.17) is 9.47 Å². The van der Waals surface area contributed by atoms with Crippen LogP contribution in [0.1, 0.15) is 88.3 Å². The van der Waals surface area contributed by atoms with Crippen molar-refractivity contribution >= 4 is 0 Å². The van der Waals surface area contributed by atoms with Crippen LogP contribution in [-0.2, 0) is 12.8 Å². The Morgan fingerprint density at radius 2 is 2.08 bits per heavy atom. The molecule has 0 unspecified atom stereocenters. The predicted octanol–water partition coefficient (Wildman–Crippen LogP) is 5.16. The zero-order valence-electron chi connectivity index (χ0n) is 16.6. The number of benzene rings is 1. The molecule has 0 saturated heterocycles. The lowest BCUT2D eigenvalue weighted by Crippen LogP contribution is -2.47. The SMILES string of the molecule is CCCCCc1cc2c(c3c1CCCO3)[C@@H]1C[C@@H](O)CC[C@H]1C(C)(C)O2. The summed E-state index contributed by atoms with van der Waals surface area (Å²) in [6.45, 7) is 7.51. The summed E-state index contributed by atoms with van der Waals surface area (Å²) in [5.41, 5.74) is 3.94. The molecule has 2 heterocycles. The highest BCUT2D eigenvalue weighted by Crippen LogP contribution is 2.56. The van der Waals surface area contributed by atoms with Crippen LogP contribution in [-0.4, -0.2) is 23.4 Å². The largest absolute Gasteiger partial charge is 0.493 e. The second-order valence-electron chi connectivity index (χ2n) is 9.05. The topological polar surface area (TPSA) is 38.7 Å². The Kier molecular flexibility index (Phi) is 4.94. The van der Waals surface area contributed by atoms with Gasteiger partial charge in [0.25, 0.3) is 0 Å². The Bertz CT molecular complexity index is 664. The van der Waals surface area contributed by atoms with Crippen molar-refractivity contribution in [2.45, 2.75) is 96.2 Å². The Morgan fingerprint density at radius 1 is 1.23 bits per heavy atom. The summed E-state index contributed by atoms with van der Waals surface area (Å²) in [6.07, 6.45) is 9.67. The molecule has 2 aliphatic heterocycles. The number of unbranched alkanes of at least 4 members (excludes halogenated alkanes) is 2. The standard InChI is InChI=1S/C23H34O3/c1-4-5-6-8-15-13-20-21(22-17(15)9-7-12-25-22)18-14-16(24)10-11-19(18)23(2,3)26-20/h13,16,18-19,24H,4-12,14H2,1-3H3/t16-,18+,19+/m0/s1. The van der Waals surface area contributed by atoms with E-state index in [0.29, 0.717) is 11.8 Å². The molecule has 3 aliphatic rings. The van der Waals surface area contributed by atoms with Gasteiger partial charge in [0.05, 0.1) is 12.7 Å². The molecule has 26 heavy (non-hydrogen) atoms. The third-order valence-electron chi connectivity index (χ3n) is 6.80. The Morgan fingerprint density at radius 3 is 2.88 bits per heavy atom. The Labute approximate surface area is 158 Å². The van der Waals surface area contributed by atoms with Crippen LogP contribution in [0.5, 0.6) is 11.5 Å². The maximum Gasteiger partial charge on any atom is 0.129 e. The number of fused-ring (bicyclic) bond motifs is 5. The molecule has 0 bridgehead atoms. The molecule has 1 saturated carbocycles. The van der Waals surface area contributed by atoms with Crippen molar-refractivity contribution in [2.75, 3.05) is 6.61 Å².